The number of anilines is 1. The number of thioether (sulfide) groups is 1. The van der Waals surface area contributed by atoms with Crippen LogP contribution in [0.15, 0.2) is 35.9 Å². The van der Waals surface area contributed by atoms with E-state index in [0.717, 1.165) is 27.8 Å². The first kappa shape index (κ1) is 68.4. The number of hydrogen-bond acceptors (Lipinski definition) is 19. The number of fused-ring (bicyclic) bond motifs is 5. The van der Waals surface area contributed by atoms with Crippen LogP contribution in [-0.4, -0.2) is 187 Å². The topological polar surface area (TPSA) is 258 Å². The molecule has 0 radical (unpaired) electrons. The zero-order valence-corrected chi connectivity index (χ0v) is 52.8. The van der Waals surface area contributed by atoms with E-state index in [9.17, 15) is 43.5 Å². The highest BCUT2D eigenvalue weighted by molar-refractivity contribution is 8.77. The minimum atomic E-state index is -1.87. The number of carbonyl (C=O) groups excluding carboxylic acids is 8. The lowest BCUT2D eigenvalue weighted by Crippen LogP contribution is -2.63. The van der Waals surface area contributed by atoms with Crippen molar-refractivity contribution in [3.8, 4) is 5.75 Å². The van der Waals surface area contributed by atoms with Crippen LogP contribution in [0.25, 0.3) is 0 Å². The maximum Gasteiger partial charge on any atom is 0.409 e. The Morgan fingerprint density at radius 2 is 1.71 bits per heavy atom. The molecule has 0 aromatic heterocycles. The first-order chi connectivity index (χ1) is 38.4. The third-order valence-corrected chi connectivity index (χ3v) is 20.1. The molecule has 458 valence electrons. The second kappa shape index (κ2) is 30.1. The lowest BCUT2D eigenvalue weighted by Gasteiger charge is -2.42. The average molecular weight is 1230 g/mol. The zero-order valence-electron chi connectivity index (χ0n) is 49.6. The average Bonchev–Trinajstić information content (AvgIpc) is 3.27. The highest BCUT2D eigenvalue weighted by atomic mass is 35.5. The molecule has 5 rings (SSSR count). The van der Waals surface area contributed by atoms with Gasteiger partial charge in [0.2, 0.25) is 29.5 Å². The second-order valence-electron chi connectivity index (χ2n) is 23.0. The molecule has 4 aliphatic rings. The number of likely N-dealkylation sites (tertiary alicyclic amines) is 1. The van der Waals surface area contributed by atoms with E-state index in [4.69, 9.17) is 44.8 Å². The third kappa shape index (κ3) is 18.8. The summed E-state index contributed by atoms with van der Waals surface area (Å²) < 4.78 is 40.3. The molecular weight excluding hydrogens is 1140 g/mol. The van der Waals surface area contributed by atoms with E-state index < -0.39 is 76.3 Å². The molecule has 3 saturated heterocycles. The number of likely N-dealkylation sites (N-methyl/N-ethyl adjacent to an activating group) is 1. The van der Waals surface area contributed by atoms with Gasteiger partial charge in [-0.15, -0.1) is 0 Å². The molecule has 0 aliphatic carbocycles. The van der Waals surface area contributed by atoms with Crippen molar-refractivity contribution < 1.29 is 76.6 Å². The van der Waals surface area contributed by atoms with Gasteiger partial charge in [-0.2, -0.15) is 0 Å². The summed E-state index contributed by atoms with van der Waals surface area (Å²) >= 11 is 7.75. The van der Waals surface area contributed by atoms with Crippen LogP contribution in [0.4, 0.5) is 10.5 Å². The number of aliphatic hydroxyl groups is 1. The van der Waals surface area contributed by atoms with Crippen LogP contribution in [0.3, 0.4) is 0 Å². The second-order valence-corrected chi connectivity index (χ2v) is 27.7. The molecule has 1 aromatic rings. The molecule has 1 unspecified atom stereocenters. The maximum atomic E-state index is 14.4. The van der Waals surface area contributed by atoms with Crippen LogP contribution in [0, 0.1) is 11.3 Å². The minimum absolute atomic E-state index is 0.00355. The maximum absolute atomic E-state index is 14.4. The van der Waals surface area contributed by atoms with Gasteiger partial charge in [0.1, 0.15) is 46.0 Å². The molecular formula is C57H84ClN5O16S3. The van der Waals surface area contributed by atoms with Gasteiger partial charge in [0, 0.05) is 75.3 Å². The van der Waals surface area contributed by atoms with Crippen LogP contribution in [-0.2, 0) is 68.4 Å². The van der Waals surface area contributed by atoms with Gasteiger partial charge in [-0.25, -0.2) is 9.59 Å². The number of methoxy groups -OCH3 is 2. The standard InChI is InChI=1S/C57H84ClN5O16S3/c1-34-16-14-17-42(74-13)57(72)33-40(77-53(71)60-57)35(2)49-56(9,79-49)43(32-46(66)62(11)38-29-37(28-34)30-39(73-12)48(38)58)78-51(69)36(3)61(10)45(65)19-20-55(7,8)82-80-27-15-18-44(64)59-21-23-75-25-26-76-24-22-63-47(67)31-41(50(63)68)81-52(70)54(4,5)6/h14,16-17,29-30,35-36,40-43,49,72H,15,18-28,31-33H2,1-13H3,(H,59,64)(H,60,71)/b17-14+,34-16+/t35-,36+,40+,41?,42-,43+,49+,56+,57+/m1/s1. The summed E-state index contributed by atoms with van der Waals surface area (Å²) in [7, 11) is 9.21. The Labute approximate surface area is 499 Å². The Bertz CT molecular complexity index is 2550. The lowest BCUT2D eigenvalue weighted by molar-refractivity contribution is -0.162. The van der Waals surface area contributed by atoms with Crippen molar-refractivity contribution in [1.82, 2.24) is 20.4 Å². The summed E-state index contributed by atoms with van der Waals surface area (Å²) in [4.78, 5) is 109. The fourth-order valence-corrected chi connectivity index (χ4v) is 13.5. The summed E-state index contributed by atoms with van der Waals surface area (Å²) in [6, 6.07) is 2.50. The molecule has 1 aromatic carbocycles. The van der Waals surface area contributed by atoms with Gasteiger partial charge in [-0.1, -0.05) is 96.4 Å². The molecule has 4 aliphatic heterocycles. The first-order valence-corrected chi connectivity index (χ1v) is 31.2. The van der Waals surface area contributed by atoms with Crippen molar-refractivity contribution in [3.05, 3.63) is 46.5 Å². The lowest BCUT2D eigenvalue weighted by atomic mass is 9.83. The Morgan fingerprint density at radius 3 is 2.38 bits per heavy atom. The highest BCUT2D eigenvalue weighted by Gasteiger charge is 2.64. The number of nitrogens with zero attached hydrogens (tertiary/aromatic N) is 3. The van der Waals surface area contributed by atoms with Gasteiger partial charge in [-0.05, 0) is 71.6 Å². The van der Waals surface area contributed by atoms with Gasteiger partial charge < -0.3 is 53.4 Å². The number of nitrogens with one attached hydrogen (secondary N) is 2. The monoisotopic (exact) mass is 1230 g/mol. The molecule has 3 N–H and O–H groups in total. The first-order valence-electron chi connectivity index (χ1n) is 27.6. The van der Waals surface area contributed by atoms with Crippen LogP contribution >= 0.6 is 45.0 Å². The number of allylic oxidation sites excluding steroid dienone is 3. The fraction of sp³-hybridized carbons (Fsp3) is 0.684. The smallest absolute Gasteiger partial charge is 0.409 e. The molecule has 0 saturated carbocycles. The molecule has 4 heterocycles. The highest BCUT2D eigenvalue weighted by Crippen LogP contribution is 2.49. The number of hydrogen-bond donors (Lipinski definition) is 3. The van der Waals surface area contributed by atoms with E-state index in [0.29, 0.717) is 49.4 Å². The van der Waals surface area contributed by atoms with Crippen molar-refractivity contribution in [2.24, 2.45) is 11.3 Å². The van der Waals surface area contributed by atoms with E-state index in [1.165, 1.54) is 31.1 Å². The summed E-state index contributed by atoms with van der Waals surface area (Å²) in [5, 5.41) is 16.6. The number of alkyl carbamates (subject to hydrolysis) is 1. The molecule has 0 spiro atoms. The number of imide groups is 1. The van der Waals surface area contributed by atoms with Crippen molar-refractivity contribution in [1.29, 1.82) is 0 Å². The number of halogens is 1. The normalized spacial score (nSPS) is 26.6. The van der Waals surface area contributed by atoms with Crippen molar-refractivity contribution in [2.45, 2.75) is 165 Å². The number of carbonyl (C=O) groups is 8. The van der Waals surface area contributed by atoms with E-state index in [1.807, 2.05) is 26.8 Å². The van der Waals surface area contributed by atoms with E-state index in [-0.39, 0.29) is 97.2 Å². The Morgan fingerprint density at radius 1 is 1.01 bits per heavy atom. The summed E-state index contributed by atoms with van der Waals surface area (Å²) in [5.74, 6) is -1.86. The minimum Gasteiger partial charge on any atom is -0.495 e. The predicted molar refractivity (Wildman–Crippen MR) is 315 cm³/mol. The number of amides is 6. The number of rotatable bonds is 24. The molecule has 4 bridgehead atoms. The molecule has 25 heteroatoms. The Kier molecular flexibility index (Phi) is 25.1. The molecule has 3 fully saturated rings. The van der Waals surface area contributed by atoms with Crippen LogP contribution in [0.2, 0.25) is 5.02 Å². The zero-order chi connectivity index (χ0) is 60.9. The van der Waals surface area contributed by atoms with Crippen LogP contribution in [0.1, 0.15) is 113 Å². The van der Waals surface area contributed by atoms with Gasteiger partial charge in [0.05, 0.1) is 58.3 Å². The van der Waals surface area contributed by atoms with Gasteiger partial charge in [-0.3, -0.25) is 39.0 Å². The van der Waals surface area contributed by atoms with E-state index in [1.54, 1.807) is 94.5 Å². The number of esters is 1. The van der Waals surface area contributed by atoms with Gasteiger partial charge in [0.25, 0.3) is 0 Å². The van der Waals surface area contributed by atoms with Gasteiger partial charge >= 0.3 is 12.1 Å². The fourth-order valence-electron chi connectivity index (χ4n) is 9.45. The van der Waals surface area contributed by atoms with Gasteiger partial charge in [0.15, 0.2) is 10.8 Å². The largest absolute Gasteiger partial charge is 0.495 e. The van der Waals surface area contributed by atoms with Crippen molar-refractivity contribution in [3.63, 3.8) is 0 Å². The summed E-state index contributed by atoms with van der Waals surface area (Å²) in [6.45, 7) is 17.7. The number of ether oxygens (including phenoxy) is 7. The predicted octanol–water partition coefficient (Wildman–Crippen LogP) is 6.82. The Balaban J connectivity index is 1.07. The van der Waals surface area contributed by atoms with E-state index in [2.05, 4.69) is 10.6 Å². The molecule has 21 nitrogen and oxygen atoms in total. The Hall–Kier alpha value is -4.40. The van der Waals surface area contributed by atoms with Crippen LogP contribution in [0.5, 0.6) is 5.75 Å². The SMILES string of the molecule is COc1cc2cc(c1Cl)N(C)C(=O)C[C@H](OC(=O)[C@H](C)N(C)C(=O)CCC(C)(C)SSCCCC(=O)NCCOCCOCCN1C(=O)CC(SC(=O)C(C)(C)C)C1=O)[C@]1(C)O[C@H]1[C@H](C)[C@@H]1C[C@@](O)(NC(=O)O1)[C@H](OC)/C=C/C=C(\C)C2. The van der Waals surface area contributed by atoms with Crippen molar-refractivity contribution in [2.75, 3.05) is 78.5 Å². The third-order valence-electron chi connectivity index (χ3n) is 14.8. The van der Waals surface area contributed by atoms with Crippen LogP contribution < -0.4 is 20.3 Å². The quantitative estimate of drug-likeness (QED) is 0.0315. The number of epoxide rings is 1. The molecule has 9 atom stereocenters. The molecule has 82 heavy (non-hydrogen) atoms. The van der Waals surface area contributed by atoms with E-state index >= 15 is 0 Å². The summed E-state index contributed by atoms with van der Waals surface area (Å²) in [6.07, 6.45) is 2.14. The number of benzene rings is 1. The summed E-state index contributed by atoms with van der Waals surface area (Å²) in [5.41, 5.74) is -1.71. The van der Waals surface area contributed by atoms with Crippen molar-refractivity contribution >= 4 is 97.4 Å². The molecule has 6 amide bonds.